The van der Waals surface area contributed by atoms with Crippen molar-refractivity contribution in [1.82, 2.24) is 0 Å². The number of hydrogen-bond acceptors (Lipinski definition) is 1. The normalized spacial score (nSPS) is 12.1. The molecule has 3 aromatic rings. The summed E-state index contributed by atoms with van der Waals surface area (Å²) in [6, 6.07) is 18.3. The van der Waals surface area contributed by atoms with Gasteiger partial charge < -0.3 is 0 Å². The van der Waals surface area contributed by atoms with Gasteiger partial charge in [-0.3, -0.25) is 4.21 Å². The molecule has 0 bridgehead atoms. The van der Waals surface area contributed by atoms with Crippen LogP contribution in [0.3, 0.4) is 0 Å². The van der Waals surface area contributed by atoms with E-state index >= 15 is 0 Å². The largest absolute Gasteiger partial charge is 0.259 e. The second kappa shape index (κ2) is 7.70. The molecule has 0 saturated heterocycles. The van der Waals surface area contributed by atoms with Crippen LogP contribution in [0.15, 0.2) is 66.7 Å². The van der Waals surface area contributed by atoms with Gasteiger partial charge in [0.05, 0.1) is 0 Å². The average molecular weight is 356 g/mol. The van der Waals surface area contributed by atoms with Crippen molar-refractivity contribution in [2.45, 2.75) is 12.7 Å². The van der Waals surface area contributed by atoms with Crippen LogP contribution in [0, 0.1) is 11.6 Å². The zero-order valence-corrected chi connectivity index (χ0v) is 14.7. The molecule has 3 rings (SSSR count). The van der Waals surface area contributed by atoms with E-state index in [-0.39, 0.29) is 11.6 Å². The third kappa shape index (κ3) is 4.02. The molecule has 0 fully saturated rings. The molecule has 0 aliphatic carbocycles. The van der Waals surface area contributed by atoms with Crippen LogP contribution in [0.2, 0.25) is 0 Å². The van der Waals surface area contributed by atoms with Gasteiger partial charge in [-0.1, -0.05) is 49.4 Å². The molecular weight excluding hydrogens is 338 g/mol. The van der Waals surface area contributed by atoms with Crippen LogP contribution in [0.25, 0.3) is 22.3 Å². The summed E-state index contributed by atoms with van der Waals surface area (Å²) < 4.78 is 38.7. The maximum atomic E-state index is 13.3. The molecule has 0 aliphatic heterocycles. The fraction of sp³-hybridized carbons (Fsp3) is 0.143. The first kappa shape index (κ1) is 17.5. The first-order valence-corrected chi connectivity index (χ1v) is 9.56. The summed E-state index contributed by atoms with van der Waals surface area (Å²) in [5.74, 6) is 0.402. The van der Waals surface area contributed by atoms with E-state index in [0.29, 0.717) is 11.5 Å². The van der Waals surface area contributed by atoms with Crippen molar-refractivity contribution in [3.63, 3.8) is 0 Å². The summed E-state index contributed by atoms with van der Waals surface area (Å²) in [6.07, 6.45) is 0. The molecule has 4 heteroatoms. The Labute approximate surface area is 148 Å². The molecule has 1 unspecified atom stereocenters. The Morgan fingerprint density at radius 1 is 0.800 bits per heavy atom. The van der Waals surface area contributed by atoms with Crippen molar-refractivity contribution >= 4 is 10.8 Å². The monoisotopic (exact) mass is 356 g/mol. The lowest BCUT2D eigenvalue weighted by atomic mass is 9.91. The Morgan fingerprint density at radius 3 is 1.92 bits per heavy atom. The molecule has 1 nitrogen and oxygen atoms in total. The van der Waals surface area contributed by atoms with Gasteiger partial charge in [0.25, 0.3) is 0 Å². The topological polar surface area (TPSA) is 17.1 Å². The van der Waals surface area contributed by atoms with Crippen molar-refractivity contribution in [3.8, 4) is 22.3 Å². The minimum atomic E-state index is -0.969. The van der Waals surface area contributed by atoms with Gasteiger partial charge in [-0.05, 0) is 52.1 Å². The van der Waals surface area contributed by atoms with Crippen LogP contribution in [-0.4, -0.2) is 9.96 Å². The fourth-order valence-corrected chi connectivity index (χ4v) is 3.61. The van der Waals surface area contributed by atoms with Gasteiger partial charge in [-0.2, -0.15) is 0 Å². The molecule has 0 radical (unpaired) electrons. The first-order chi connectivity index (χ1) is 12.1. The summed E-state index contributed by atoms with van der Waals surface area (Å²) in [7, 11) is -0.969. The second-order valence-corrected chi connectivity index (χ2v) is 7.47. The number of hydrogen-bond donors (Lipinski definition) is 0. The average Bonchev–Trinajstić information content (AvgIpc) is 2.63. The van der Waals surface area contributed by atoms with Gasteiger partial charge in [0, 0.05) is 22.3 Å². The van der Waals surface area contributed by atoms with Gasteiger partial charge in [0.15, 0.2) is 0 Å². The first-order valence-electron chi connectivity index (χ1n) is 8.07. The molecule has 0 aliphatic rings. The van der Waals surface area contributed by atoms with Crippen LogP contribution < -0.4 is 0 Å². The zero-order chi connectivity index (χ0) is 17.8. The molecule has 0 saturated carbocycles. The van der Waals surface area contributed by atoms with E-state index in [1.54, 1.807) is 24.3 Å². The van der Waals surface area contributed by atoms with Crippen LogP contribution >= 0.6 is 0 Å². The SMILES string of the molecule is CCS(=O)Cc1cccc(-c2ccc(F)cc2)c1-c1ccc(F)cc1. The van der Waals surface area contributed by atoms with Crippen LogP contribution in [0.5, 0.6) is 0 Å². The molecule has 25 heavy (non-hydrogen) atoms. The van der Waals surface area contributed by atoms with Crippen LogP contribution in [0.1, 0.15) is 12.5 Å². The highest BCUT2D eigenvalue weighted by molar-refractivity contribution is 7.84. The molecule has 0 N–H and O–H groups in total. The molecule has 128 valence electrons. The number of rotatable bonds is 5. The Balaban J connectivity index is 2.20. The number of halogens is 2. The quantitative estimate of drug-likeness (QED) is 0.584. The smallest absolute Gasteiger partial charge is 0.123 e. The van der Waals surface area contributed by atoms with Gasteiger partial charge in [0.2, 0.25) is 0 Å². The second-order valence-electron chi connectivity index (χ2n) is 5.73. The van der Waals surface area contributed by atoms with Crippen molar-refractivity contribution in [2.24, 2.45) is 0 Å². The summed E-state index contributed by atoms with van der Waals surface area (Å²) in [5.41, 5.74) is 4.48. The summed E-state index contributed by atoms with van der Waals surface area (Å²) in [5, 5.41) is 0. The molecule has 0 amide bonds. The highest BCUT2D eigenvalue weighted by Gasteiger charge is 2.14. The predicted octanol–water partition coefficient (Wildman–Crippen LogP) is 5.57. The van der Waals surface area contributed by atoms with E-state index in [2.05, 4.69) is 0 Å². The third-order valence-electron chi connectivity index (χ3n) is 4.08. The van der Waals surface area contributed by atoms with Crippen LogP contribution in [-0.2, 0) is 16.6 Å². The minimum Gasteiger partial charge on any atom is -0.259 e. The molecule has 0 spiro atoms. The van der Waals surface area contributed by atoms with Crippen molar-refractivity contribution in [2.75, 3.05) is 5.75 Å². The lowest BCUT2D eigenvalue weighted by molar-refractivity contribution is 0.627. The van der Waals surface area contributed by atoms with E-state index in [1.165, 1.54) is 24.3 Å². The lowest BCUT2D eigenvalue weighted by Gasteiger charge is -2.16. The van der Waals surface area contributed by atoms with Gasteiger partial charge in [-0.25, -0.2) is 8.78 Å². The van der Waals surface area contributed by atoms with Gasteiger partial charge in [-0.15, -0.1) is 0 Å². The van der Waals surface area contributed by atoms with E-state index in [9.17, 15) is 13.0 Å². The van der Waals surface area contributed by atoms with E-state index in [4.69, 9.17) is 0 Å². The Hall–Kier alpha value is -2.33. The maximum absolute atomic E-state index is 13.3. The summed E-state index contributed by atoms with van der Waals surface area (Å²) >= 11 is 0. The van der Waals surface area contributed by atoms with Crippen molar-refractivity contribution in [3.05, 3.63) is 83.9 Å². The fourth-order valence-electron chi connectivity index (χ4n) is 2.82. The lowest BCUT2D eigenvalue weighted by Crippen LogP contribution is -2.01. The number of benzene rings is 3. The van der Waals surface area contributed by atoms with Crippen LogP contribution in [0.4, 0.5) is 8.78 Å². The molecule has 0 heterocycles. The highest BCUT2D eigenvalue weighted by Crippen LogP contribution is 2.35. The molecular formula is C21H18F2OS. The molecule has 1 atom stereocenters. The van der Waals surface area contributed by atoms with E-state index < -0.39 is 10.8 Å². The molecule has 0 aromatic heterocycles. The van der Waals surface area contributed by atoms with E-state index in [0.717, 1.165) is 27.8 Å². The van der Waals surface area contributed by atoms with Gasteiger partial charge >= 0.3 is 0 Å². The third-order valence-corrected chi connectivity index (χ3v) is 5.35. The minimum absolute atomic E-state index is 0.296. The Kier molecular flexibility index (Phi) is 5.39. The van der Waals surface area contributed by atoms with Gasteiger partial charge in [0.1, 0.15) is 11.6 Å². The molecule has 3 aromatic carbocycles. The maximum Gasteiger partial charge on any atom is 0.123 e. The summed E-state index contributed by atoms with van der Waals surface area (Å²) in [6.45, 7) is 1.89. The summed E-state index contributed by atoms with van der Waals surface area (Å²) in [4.78, 5) is 0. The van der Waals surface area contributed by atoms with Crippen molar-refractivity contribution in [1.29, 1.82) is 0 Å². The predicted molar refractivity (Wildman–Crippen MR) is 99.6 cm³/mol. The van der Waals surface area contributed by atoms with Crippen molar-refractivity contribution < 1.29 is 13.0 Å². The standard InChI is InChI=1S/C21H18F2OS/c1-2-25(24)14-17-4-3-5-20(15-6-10-18(22)11-7-15)21(17)16-8-12-19(23)13-9-16/h3-13H,2,14H2,1H3. The van der Waals surface area contributed by atoms with E-state index in [1.807, 2.05) is 25.1 Å². The Bertz CT molecular complexity index is 887. The highest BCUT2D eigenvalue weighted by atomic mass is 32.2. The zero-order valence-electron chi connectivity index (χ0n) is 13.8. The Morgan fingerprint density at radius 2 is 1.36 bits per heavy atom.